The number of allylic oxidation sites excluding steroid dienone is 2. The van der Waals surface area contributed by atoms with Crippen LogP contribution in [0.15, 0.2) is 65.1 Å². The Morgan fingerprint density at radius 3 is 1.90 bits per heavy atom. The average Bonchev–Trinajstić information content (AvgIpc) is 3.21. The van der Waals surface area contributed by atoms with Gasteiger partial charge in [-0.2, -0.15) is 0 Å². The molecule has 1 aromatic heterocycles. The summed E-state index contributed by atoms with van der Waals surface area (Å²) in [5.74, 6) is 0.639. The highest BCUT2D eigenvalue weighted by Gasteiger charge is 2.61. The van der Waals surface area contributed by atoms with Gasteiger partial charge in [-0.15, -0.1) is 11.3 Å². The van der Waals surface area contributed by atoms with Gasteiger partial charge < -0.3 is 0 Å². The zero-order valence-electron chi connectivity index (χ0n) is 19.0. The van der Waals surface area contributed by atoms with Gasteiger partial charge in [0, 0.05) is 25.1 Å². The van der Waals surface area contributed by atoms with Crippen molar-refractivity contribution in [3.05, 3.63) is 80.5 Å². The van der Waals surface area contributed by atoms with Gasteiger partial charge in [0.15, 0.2) is 0 Å². The van der Waals surface area contributed by atoms with Crippen LogP contribution < -0.4 is 15.9 Å². The van der Waals surface area contributed by atoms with Crippen molar-refractivity contribution in [2.24, 2.45) is 16.7 Å². The molecule has 2 atom stereocenters. The van der Waals surface area contributed by atoms with E-state index in [-0.39, 0.29) is 5.41 Å². The molecule has 0 saturated heterocycles. The molecule has 31 heavy (non-hydrogen) atoms. The minimum atomic E-state index is -0.609. The molecule has 1 fully saturated rings. The first-order valence-corrected chi connectivity index (χ1v) is 14.1. The minimum Gasteiger partial charge on any atom is -0.145 e. The molecule has 2 unspecified atom stereocenters. The van der Waals surface area contributed by atoms with Gasteiger partial charge in [-0.25, -0.2) is 0 Å². The fraction of sp³-hybridized carbons (Fsp3) is 0.357. The van der Waals surface area contributed by atoms with Crippen LogP contribution in [0.5, 0.6) is 0 Å². The summed E-state index contributed by atoms with van der Waals surface area (Å²) in [5, 5.41) is 4.46. The lowest BCUT2D eigenvalue weighted by Gasteiger charge is -2.38. The van der Waals surface area contributed by atoms with Crippen molar-refractivity contribution in [3.8, 4) is 0 Å². The third kappa shape index (κ3) is 3.09. The highest BCUT2D eigenvalue weighted by molar-refractivity contribution is 9.11. The lowest BCUT2D eigenvalue weighted by molar-refractivity contribution is 0.189. The minimum absolute atomic E-state index is 0.220. The van der Waals surface area contributed by atoms with E-state index in [0.29, 0.717) is 11.3 Å². The first-order valence-electron chi connectivity index (χ1n) is 11.2. The summed E-state index contributed by atoms with van der Waals surface area (Å²) in [6, 6.07) is 22.3. The highest BCUT2D eigenvalue weighted by Crippen LogP contribution is 2.72. The van der Waals surface area contributed by atoms with E-state index in [9.17, 15) is 0 Å². The monoisotopic (exact) mass is 508 g/mol. The number of hydrogen-bond acceptors (Lipinski definition) is 1. The van der Waals surface area contributed by atoms with E-state index in [2.05, 4.69) is 111 Å². The van der Waals surface area contributed by atoms with Gasteiger partial charge in [0.2, 0.25) is 0 Å². The molecule has 2 aromatic carbocycles. The van der Waals surface area contributed by atoms with E-state index in [0.717, 1.165) is 0 Å². The molecule has 2 bridgehead atoms. The van der Waals surface area contributed by atoms with Crippen LogP contribution in [-0.4, -0.2) is 0 Å². The second-order valence-electron chi connectivity index (χ2n) is 9.81. The molecule has 160 valence electrons. The quantitative estimate of drug-likeness (QED) is 0.317. The van der Waals surface area contributed by atoms with Crippen LogP contribution in [0.3, 0.4) is 0 Å². The molecular weight excluding hydrogens is 479 g/mol. The Morgan fingerprint density at radius 1 is 0.871 bits per heavy atom. The third-order valence-corrected chi connectivity index (χ3v) is 12.8. The SMILES string of the molecule is Cc1sc(C)c(P(c2ccccc2)c2ccccc2)c1C1=C(Br)C2CCC1(C)C2(C)C. The summed E-state index contributed by atoms with van der Waals surface area (Å²) >= 11 is 6.13. The topological polar surface area (TPSA) is 0 Å². The number of aryl methyl sites for hydroxylation is 2. The number of halogens is 1. The summed E-state index contributed by atoms with van der Waals surface area (Å²) in [7, 11) is -0.609. The maximum Gasteiger partial charge on any atom is 0.0107 e. The molecule has 0 radical (unpaired) electrons. The van der Waals surface area contributed by atoms with Crippen LogP contribution in [0, 0.1) is 30.6 Å². The Balaban J connectivity index is 1.79. The second-order valence-corrected chi connectivity index (χ2v) is 14.2. The molecule has 1 saturated carbocycles. The summed E-state index contributed by atoms with van der Waals surface area (Å²) < 4.78 is 1.48. The maximum atomic E-state index is 4.14. The van der Waals surface area contributed by atoms with Gasteiger partial charge in [-0.1, -0.05) is 97.4 Å². The number of hydrogen-bond donors (Lipinski definition) is 0. The van der Waals surface area contributed by atoms with E-state index in [1.165, 1.54) is 37.7 Å². The molecule has 0 spiro atoms. The lowest BCUT2D eigenvalue weighted by atomic mass is 9.66. The van der Waals surface area contributed by atoms with Gasteiger partial charge in [-0.3, -0.25) is 0 Å². The van der Waals surface area contributed by atoms with Crippen molar-refractivity contribution in [3.63, 3.8) is 0 Å². The predicted molar refractivity (Wildman–Crippen MR) is 143 cm³/mol. The van der Waals surface area contributed by atoms with Crippen LogP contribution in [0.2, 0.25) is 0 Å². The fourth-order valence-electron chi connectivity index (χ4n) is 6.02. The van der Waals surface area contributed by atoms with Gasteiger partial charge in [-0.05, 0) is 67.5 Å². The third-order valence-electron chi connectivity index (χ3n) is 8.05. The lowest BCUT2D eigenvalue weighted by Crippen LogP contribution is -2.31. The van der Waals surface area contributed by atoms with Crippen molar-refractivity contribution in [2.75, 3.05) is 0 Å². The smallest absolute Gasteiger partial charge is 0.0107 e. The second kappa shape index (κ2) is 7.68. The highest BCUT2D eigenvalue weighted by atomic mass is 79.9. The van der Waals surface area contributed by atoms with E-state index in [1.807, 2.05) is 11.3 Å². The van der Waals surface area contributed by atoms with Gasteiger partial charge in [0.1, 0.15) is 0 Å². The zero-order valence-corrected chi connectivity index (χ0v) is 22.3. The normalized spacial score (nSPS) is 24.4. The molecular formula is C28H30BrPS. The van der Waals surface area contributed by atoms with E-state index >= 15 is 0 Å². The molecule has 3 heteroatoms. The number of fused-ring (bicyclic) bond motifs is 2. The molecule has 0 amide bonds. The van der Waals surface area contributed by atoms with Crippen LogP contribution in [0.1, 0.15) is 48.9 Å². The Hall–Kier alpha value is -1.21. The van der Waals surface area contributed by atoms with Gasteiger partial charge in [0.25, 0.3) is 0 Å². The zero-order chi connectivity index (χ0) is 22.0. The average molecular weight is 509 g/mol. The first-order chi connectivity index (χ1) is 14.8. The summed E-state index contributed by atoms with van der Waals surface area (Å²) in [5.41, 5.74) is 3.66. The Labute approximate surface area is 200 Å². The van der Waals surface area contributed by atoms with Crippen LogP contribution in [-0.2, 0) is 0 Å². The molecule has 0 nitrogen and oxygen atoms in total. The number of rotatable bonds is 4. The van der Waals surface area contributed by atoms with Crippen LogP contribution in [0.4, 0.5) is 0 Å². The first kappa shape index (κ1) is 21.6. The van der Waals surface area contributed by atoms with Gasteiger partial charge in [0.05, 0.1) is 0 Å². The molecule has 2 aliphatic rings. The number of benzene rings is 2. The van der Waals surface area contributed by atoms with Crippen LogP contribution in [0.25, 0.3) is 5.57 Å². The van der Waals surface area contributed by atoms with Crippen LogP contribution >= 0.6 is 35.2 Å². The van der Waals surface area contributed by atoms with Crippen molar-refractivity contribution in [2.45, 2.75) is 47.5 Å². The summed E-state index contributed by atoms with van der Waals surface area (Å²) in [4.78, 5) is 2.95. The largest absolute Gasteiger partial charge is 0.145 e. The van der Waals surface area contributed by atoms with Crippen molar-refractivity contribution < 1.29 is 0 Å². The molecule has 1 heterocycles. The molecule has 2 aliphatic carbocycles. The Kier molecular flexibility index (Phi) is 5.36. The fourth-order valence-corrected chi connectivity index (χ4v) is 11.5. The standard InChI is InChI=1S/C28H30BrPS/c1-18-23(24-25(29)22-16-17-28(24,5)27(22,3)4)26(19(2)31-18)30(20-12-8-6-9-13-20)21-14-10-7-11-15-21/h6-15,22H,16-17H2,1-5H3. The Morgan fingerprint density at radius 2 is 1.42 bits per heavy atom. The summed E-state index contributed by atoms with van der Waals surface area (Å²) in [6.45, 7) is 12.2. The number of thiophene rings is 1. The molecule has 0 N–H and O–H groups in total. The maximum absolute atomic E-state index is 4.14. The summed E-state index contributed by atoms with van der Waals surface area (Å²) in [6.07, 6.45) is 2.59. The van der Waals surface area contributed by atoms with Gasteiger partial charge >= 0.3 is 0 Å². The van der Waals surface area contributed by atoms with Crippen molar-refractivity contribution >= 4 is 56.7 Å². The molecule has 3 aromatic rings. The van der Waals surface area contributed by atoms with E-state index in [1.54, 1.807) is 16.4 Å². The van der Waals surface area contributed by atoms with Crippen molar-refractivity contribution in [1.29, 1.82) is 0 Å². The molecule has 0 aliphatic heterocycles. The van der Waals surface area contributed by atoms with Crippen molar-refractivity contribution in [1.82, 2.24) is 0 Å². The Bertz CT molecular complexity index is 1120. The predicted octanol–water partition coefficient (Wildman–Crippen LogP) is 7.69. The van der Waals surface area contributed by atoms with E-state index in [4.69, 9.17) is 0 Å². The van der Waals surface area contributed by atoms with E-state index < -0.39 is 7.92 Å². The molecule has 5 rings (SSSR count).